The lowest BCUT2D eigenvalue weighted by molar-refractivity contribution is -0.177. The van der Waals surface area contributed by atoms with Crippen LogP contribution in [-0.4, -0.2) is 28.6 Å². The summed E-state index contributed by atoms with van der Waals surface area (Å²) in [5, 5.41) is 19.7. The number of unbranched alkanes of at least 4 members (excludes halogenated alkanes) is 27. The predicted molar refractivity (Wildman–Crippen MR) is 173 cm³/mol. The maximum atomic E-state index is 11.6. The summed E-state index contributed by atoms with van der Waals surface area (Å²) in [6.07, 6.45) is 37.0. The van der Waals surface area contributed by atoms with E-state index in [1.165, 1.54) is 161 Å². The molecule has 2 atom stereocenters. The Labute approximate surface area is 250 Å². The molecule has 0 aromatic carbocycles. The van der Waals surface area contributed by atoms with Gasteiger partial charge in [-0.2, -0.15) is 0 Å². The molecule has 2 unspecified atom stereocenters. The first kappa shape index (κ1) is 39.4. The highest BCUT2D eigenvalue weighted by molar-refractivity contribution is 5.72. The molecule has 40 heavy (non-hydrogen) atoms. The van der Waals surface area contributed by atoms with E-state index in [2.05, 4.69) is 13.8 Å². The second-order valence-corrected chi connectivity index (χ2v) is 12.5. The molecule has 0 saturated carbocycles. The Bertz CT molecular complexity index is 495. The maximum Gasteiger partial charge on any atom is 0.332 e. The maximum absolute atomic E-state index is 11.6. The fraction of sp³-hybridized carbons (Fsp3) is 0.972. The summed E-state index contributed by atoms with van der Waals surface area (Å²) in [5.74, 6) is -0.940. The van der Waals surface area contributed by atoms with Gasteiger partial charge in [0.25, 0.3) is 0 Å². The first-order valence-electron chi connectivity index (χ1n) is 18.2. The monoisotopic (exact) mass is 569 g/mol. The lowest BCUT2D eigenvalue weighted by atomic mass is 10.0. The molecular weight excluding hydrogens is 496 g/mol. The van der Waals surface area contributed by atoms with E-state index < -0.39 is 18.4 Å². The van der Waals surface area contributed by atoms with Crippen molar-refractivity contribution >= 4 is 5.97 Å². The molecule has 0 aromatic heterocycles. The summed E-state index contributed by atoms with van der Waals surface area (Å²) in [6.45, 7) is 4.54. The second-order valence-electron chi connectivity index (χ2n) is 12.5. The van der Waals surface area contributed by atoms with E-state index in [1.807, 2.05) is 0 Å². The van der Waals surface area contributed by atoms with Crippen LogP contribution in [0.15, 0.2) is 0 Å². The Morgan fingerprint density at radius 2 is 0.700 bits per heavy atom. The lowest BCUT2D eigenvalue weighted by Gasteiger charge is -2.18. The van der Waals surface area contributed by atoms with Gasteiger partial charge in [0.2, 0.25) is 0 Å². The number of rotatable bonds is 34. The molecule has 2 N–H and O–H groups in total. The molecule has 0 amide bonds. The molecule has 240 valence electrons. The number of carboxylic acids is 1. The molecule has 0 saturated heterocycles. The largest absolute Gasteiger partial charge is 0.479 e. The molecule has 0 aliphatic carbocycles. The van der Waals surface area contributed by atoms with Crippen molar-refractivity contribution in [2.75, 3.05) is 0 Å². The zero-order valence-corrected chi connectivity index (χ0v) is 27.3. The average molecular weight is 569 g/mol. The number of aliphatic hydroxyl groups excluding tert-OH is 1. The minimum Gasteiger partial charge on any atom is -0.479 e. The van der Waals surface area contributed by atoms with Crippen LogP contribution in [0.3, 0.4) is 0 Å². The lowest BCUT2D eigenvalue weighted by Crippen LogP contribution is -2.29. The highest BCUT2D eigenvalue weighted by atomic mass is 16.6. The zero-order chi connectivity index (χ0) is 29.4. The van der Waals surface area contributed by atoms with E-state index in [0.717, 1.165) is 25.7 Å². The molecule has 0 spiro atoms. The van der Waals surface area contributed by atoms with Gasteiger partial charge in [0.15, 0.2) is 12.4 Å². The van der Waals surface area contributed by atoms with Gasteiger partial charge in [-0.25, -0.2) is 4.79 Å². The third kappa shape index (κ3) is 30.4. The summed E-state index contributed by atoms with van der Waals surface area (Å²) < 4.78 is 5.50. The normalized spacial score (nSPS) is 13.1. The third-order valence-electron chi connectivity index (χ3n) is 8.47. The van der Waals surface area contributed by atoms with Crippen molar-refractivity contribution in [2.24, 2.45) is 0 Å². The minimum atomic E-state index is -0.949. The Morgan fingerprint density at radius 3 is 0.975 bits per heavy atom. The third-order valence-corrected chi connectivity index (χ3v) is 8.47. The van der Waals surface area contributed by atoms with Gasteiger partial charge in [-0.1, -0.05) is 194 Å². The SMILES string of the molecule is CCCCCCCCCCCCCCCCCC(O)OC(CCCCCCCCCCCCCCCC)C(=O)O. The van der Waals surface area contributed by atoms with Crippen LogP contribution in [0.2, 0.25) is 0 Å². The molecule has 0 bridgehead atoms. The topological polar surface area (TPSA) is 66.8 Å². The Kier molecular flexibility index (Phi) is 32.4. The molecule has 4 nitrogen and oxygen atoms in total. The Hall–Kier alpha value is -0.610. The van der Waals surface area contributed by atoms with Crippen molar-refractivity contribution in [1.82, 2.24) is 0 Å². The Balaban J connectivity index is 3.51. The van der Waals surface area contributed by atoms with Gasteiger partial charge in [-0.3, -0.25) is 0 Å². The molecule has 0 heterocycles. The van der Waals surface area contributed by atoms with Crippen molar-refractivity contribution in [1.29, 1.82) is 0 Å². The van der Waals surface area contributed by atoms with E-state index in [4.69, 9.17) is 4.74 Å². The van der Waals surface area contributed by atoms with Crippen LogP contribution in [0.1, 0.15) is 213 Å². The van der Waals surface area contributed by atoms with Gasteiger partial charge in [-0.05, 0) is 19.3 Å². The van der Waals surface area contributed by atoms with E-state index in [1.54, 1.807) is 0 Å². The van der Waals surface area contributed by atoms with Crippen molar-refractivity contribution < 1.29 is 19.7 Å². The predicted octanol–water partition coefficient (Wildman–Crippen LogP) is 11.9. The van der Waals surface area contributed by atoms with E-state index in [-0.39, 0.29) is 0 Å². The smallest absolute Gasteiger partial charge is 0.332 e. The van der Waals surface area contributed by atoms with Crippen molar-refractivity contribution in [3.63, 3.8) is 0 Å². The molecule has 0 aliphatic heterocycles. The highest BCUT2D eigenvalue weighted by Gasteiger charge is 2.21. The first-order chi connectivity index (χ1) is 19.6. The number of hydrogen-bond acceptors (Lipinski definition) is 3. The summed E-state index contributed by atoms with van der Waals surface area (Å²) in [5.41, 5.74) is 0. The van der Waals surface area contributed by atoms with Crippen LogP contribution in [0, 0.1) is 0 Å². The molecule has 0 rings (SSSR count). The summed E-state index contributed by atoms with van der Waals surface area (Å²) in [6, 6.07) is 0. The molecule has 0 radical (unpaired) electrons. The summed E-state index contributed by atoms with van der Waals surface area (Å²) >= 11 is 0. The van der Waals surface area contributed by atoms with Crippen molar-refractivity contribution in [3.05, 3.63) is 0 Å². The average Bonchev–Trinajstić information content (AvgIpc) is 2.94. The molecule has 0 fully saturated rings. The number of aliphatic carboxylic acids is 1. The van der Waals surface area contributed by atoms with E-state index in [9.17, 15) is 15.0 Å². The first-order valence-corrected chi connectivity index (χ1v) is 18.2. The fourth-order valence-corrected chi connectivity index (χ4v) is 5.72. The number of ether oxygens (including phenoxy) is 1. The van der Waals surface area contributed by atoms with Crippen LogP contribution in [0.4, 0.5) is 0 Å². The van der Waals surface area contributed by atoms with Gasteiger partial charge in [0.05, 0.1) is 0 Å². The molecule has 0 aromatic rings. The van der Waals surface area contributed by atoms with Crippen LogP contribution >= 0.6 is 0 Å². The number of aliphatic hydroxyl groups is 1. The van der Waals surface area contributed by atoms with Gasteiger partial charge in [-0.15, -0.1) is 0 Å². The summed E-state index contributed by atoms with van der Waals surface area (Å²) in [4.78, 5) is 11.6. The van der Waals surface area contributed by atoms with Gasteiger partial charge < -0.3 is 14.9 Å². The standard InChI is InChI=1S/C36H72O4/c1-3-5-7-9-11-13-15-17-19-21-23-25-27-29-31-33-35(37)40-34(36(38)39)32-30-28-26-24-22-20-18-16-14-12-10-8-6-4-2/h34-35,37H,3-33H2,1-2H3,(H,38,39). The van der Waals surface area contributed by atoms with Crippen LogP contribution in [0.5, 0.6) is 0 Å². The molecular formula is C36H72O4. The second kappa shape index (κ2) is 32.9. The van der Waals surface area contributed by atoms with Gasteiger partial charge >= 0.3 is 5.97 Å². The zero-order valence-electron chi connectivity index (χ0n) is 27.3. The minimum absolute atomic E-state index is 0.503. The van der Waals surface area contributed by atoms with Crippen molar-refractivity contribution in [3.8, 4) is 0 Å². The summed E-state index contributed by atoms with van der Waals surface area (Å²) in [7, 11) is 0. The van der Waals surface area contributed by atoms with Crippen LogP contribution in [0.25, 0.3) is 0 Å². The quantitative estimate of drug-likeness (QED) is 0.0598. The van der Waals surface area contributed by atoms with Crippen molar-refractivity contribution in [2.45, 2.75) is 225 Å². The van der Waals surface area contributed by atoms with Gasteiger partial charge in [0, 0.05) is 0 Å². The number of hydrogen-bond donors (Lipinski definition) is 2. The number of carbonyl (C=O) groups is 1. The molecule has 4 heteroatoms. The molecule has 0 aliphatic rings. The van der Waals surface area contributed by atoms with Crippen LogP contribution < -0.4 is 0 Å². The Morgan fingerprint density at radius 1 is 0.450 bits per heavy atom. The number of carboxylic acid groups (broad SMARTS) is 1. The van der Waals surface area contributed by atoms with E-state index in [0.29, 0.717) is 12.8 Å². The van der Waals surface area contributed by atoms with E-state index >= 15 is 0 Å². The highest BCUT2D eigenvalue weighted by Crippen LogP contribution is 2.17. The van der Waals surface area contributed by atoms with Gasteiger partial charge in [0.1, 0.15) is 0 Å². The fourth-order valence-electron chi connectivity index (χ4n) is 5.72. The van der Waals surface area contributed by atoms with Crippen LogP contribution in [-0.2, 0) is 9.53 Å².